The zero-order valence-electron chi connectivity index (χ0n) is 14.2. The molecule has 1 amide bonds. The third-order valence-corrected chi connectivity index (χ3v) is 4.37. The minimum Gasteiger partial charge on any atom is -0.484 e. The van der Waals surface area contributed by atoms with E-state index in [2.05, 4.69) is 4.90 Å². The number of ether oxygens (including phenoxy) is 1. The van der Waals surface area contributed by atoms with Gasteiger partial charge in [0.05, 0.1) is 0 Å². The number of benzene rings is 2. The van der Waals surface area contributed by atoms with E-state index in [0.717, 1.165) is 38.2 Å². The molecule has 0 radical (unpaired) electrons. The molecule has 1 aliphatic rings. The minimum atomic E-state index is -0.213. The van der Waals surface area contributed by atoms with Gasteiger partial charge in [0.2, 0.25) is 0 Å². The van der Waals surface area contributed by atoms with Crippen LogP contribution in [-0.4, -0.2) is 48.5 Å². The Morgan fingerprint density at radius 3 is 2.48 bits per heavy atom. The Morgan fingerprint density at radius 1 is 0.960 bits per heavy atom. The van der Waals surface area contributed by atoms with Crippen LogP contribution < -0.4 is 4.74 Å². The van der Waals surface area contributed by atoms with Crippen molar-refractivity contribution < 1.29 is 13.9 Å². The molecule has 0 bridgehead atoms. The fraction of sp³-hybridized carbons (Fsp3) is 0.350. The maximum absolute atomic E-state index is 13.0. The fourth-order valence-electron chi connectivity index (χ4n) is 2.98. The van der Waals surface area contributed by atoms with Crippen LogP contribution in [0.5, 0.6) is 5.75 Å². The average molecular weight is 342 g/mol. The Kier molecular flexibility index (Phi) is 6.01. The number of hydrogen-bond donors (Lipinski definition) is 0. The largest absolute Gasteiger partial charge is 0.484 e. The summed E-state index contributed by atoms with van der Waals surface area (Å²) in [6, 6.07) is 16.0. The van der Waals surface area contributed by atoms with Gasteiger partial charge in [-0.05, 0) is 36.2 Å². The molecule has 132 valence electrons. The van der Waals surface area contributed by atoms with Crippen LogP contribution >= 0.6 is 0 Å². The second-order valence-electron chi connectivity index (χ2n) is 6.24. The molecule has 3 rings (SSSR count). The first-order valence-corrected chi connectivity index (χ1v) is 8.63. The van der Waals surface area contributed by atoms with Crippen molar-refractivity contribution in [3.8, 4) is 5.75 Å². The Bertz CT molecular complexity index is 676. The summed E-state index contributed by atoms with van der Waals surface area (Å²) in [6.45, 7) is 4.04. The number of amides is 1. The lowest BCUT2D eigenvalue weighted by Crippen LogP contribution is -2.38. The van der Waals surface area contributed by atoms with Gasteiger partial charge < -0.3 is 9.64 Å². The number of rotatable bonds is 5. The van der Waals surface area contributed by atoms with E-state index in [1.807, 2.05) is 47.4 Å². The van der Waals surface area contributed by atoms with Gasteiger partial charge in [-0.25, -0.2) is 4.39 Å². The second-order valence-corrected chi connectivity index (χ2v) is 6.24. The van der Waals surface area contributed by atoms with Gasteiger partial charge in [-0.1, -0.05) is 30.3 Å². The summed E-state index contributed by atoms with van der Waals surface area (Å²) in [7, 11) is 0. The first kappa shape index (κ1) is 17.4. The highest BCUT2D eigenvalue weighted by molar-refractivity contribution is 5.77. The third-order valence-electron chi connectivity index (χ3n) is 4.37. The summed E-state index contributed by atoms with van der Waals surface area (Å²) in [5, 5.41) is 0. The lowest BCUT2D eigenvalue weighted by molar-refractivity contribution is -0.133. The number of carbonyl (C=O) groups excluding carboxylic acids is 1. The molecule has 1 heterocycles. The molecule has 25 heavy (non-hydrogen) atoms. The van der Waals surface area contributed by atoms with Crippen molar-refractivity contribution in [1.29, 1.82) is 0 Å². The number of halogens is 1. The summed E-state index contributed by atoms with van der Waals surface area (Å²) in [6.07, 6.45) is 0.929. The van der Waals surface area contributed by atoms with Crippen LogP contribution in [0.3, 0.4) is 0 Å². The third kappa shape index (κ3) is 5.29. The van der Waals surface area contributed by atoms with Crippen molar-refractivity contribution in [2.24, 2.45) is 0 Å². The monoisotopic (exact) mass is 342 g/mol. The Labute approximate surface area is 147 Å². The molecule has 0 N–H and O–H groups in total. The van der Waals surface area contributed by atoms with E-state index in [1.165, 1.54) is 12.1 Å². The van der Waals surface area contributed by atoms with Gasteiger partial charge in [-0.3, -0.25) is 9.69 Å². The molecule has 0 aliphatic carbocycles. The number of hydrogen-bond acceptors (Lipinski definition) is 3. The van der Waals surface area contributed by atoms with Crippen molar-refractivity contribution in [3.63, 3.8) is 0 Å². The smallest absolute Gasteiger partial charge is 0.260 e. The van der Waals surface area contributed by atoms with Crippen LogP contribution in [-0.2, 0) is 11.3 Å². The molecule has 4 nitrogen and oxygen atoms in total. The zero-order chi connectivity index (χ0) is 17.5. The van der Waals surface area contributed by atoms with E-state index in [0.29, 0.717) is 12.3 Å². The molecule has 1 saturated heterocycles. The Balaban J connectivity index is 1.47. The highest BCUT2D eigenvalue weighted by Crippen LogP contribution is 2.12. The molecular weight excluding hydrogens is 319 g/mol. The van der Waals surface area contributed by atoms with Crippen LogP contribution in [0.4, 0.5) is 4.39 Å². The quantitative estimate of drug-likeness (QED) is 0.838. The average Bonchev–Trinajstić information content (AvgIpc) is 2.88. The molecule has 1 fully saturated rings. The molecule has 0 saturated carbocycles. The molecular formula is C20H23FN2O2. The second kappa shape index (κ2) is 8.62. The van der Waals surface area contributed by atoms with E-state index in [4.69, 9.17) is 4.74 Å². The molecule has 0 atom stereocenters. The molecule has 2 aromatic carbocycles. The Hall–Kier alpha value is -2.40. The molecule has 0 spiro atoms. The van der Waals surface area contributed by atoms with Crippen LogP contribution in [0.2, 0.25) is 0 Å². The highest BCUT2D eigenvalue weighted by atomic mass is 19.1. The lowest BCUT2D eigenvalue weighted by atomic mass is 10.2. The van der Waals surface area contributed by atoms with E-state index >= 15 is 0 Å². The van der Waals surface area contributed by atoms with Crippen LogP contribution in [0.1, 0.15) is 12.0 Å². The molecule has 5 heteroatoms. The van der Waals surface area contributed by atoms with E-state index in [1.54, 1.807) is 0 Å². The maximum atomic E-state index is 13.0. The van der Waals surface area contributed by atoms with Crippen molar-refractivity contribution in [2.45, 2.75) is 13.0 Å². The van der Waals surface area contributed by atoms with Crippen molar-refractivity contribution in [2.75, 3.05) is 32.8 Å². The SMILES string of the molecule is O=C(COc1ccccc1)N1CCCN(Cc2ccc(F)cc2)CC1. The van der Waals surface area contributed by atoms with Crippen molar-refractivity contribution in [1.82, 2.24) is 9.80 Å². The maximum Gasteiger partial charge on any atom is 0.260 e. The van der Waals surface area contributed by atoms with Crippen molar-refractivity contribution >= 4 is 5.91 Å². The Morgan fingerprint density at radius 2 is 1.72 bits per heavy atom. The van der Waals surface area contributed by atoms with Crippen LogP contribution in [0, 0.1) is 5.82 Å². The van der Waals surface area contributed by atoms with Gasteiger partial charge in [-0.2, -0.15) is 0 Å². The van der Waals surface area contributed by atoms with E-state index in [-0.39, 0.29) is 18.3 Å². The molecule has 0 unspecified atom stereocenters. The van der Waals surface area contributed by atoms with Gasteiger partial charge in [0.1, 0.15) is 11.6 Å². The van der Waals surface area contributed by atoms with Gasteiger partial charge in [0, 0.05) is 32.7 Å². The first-order chi connectivity index (χ1) is 12.2. The predicted molar refractivity (Wildman–Crippen MR) is 94.8 cm³/mol. The normalized spacial score (nSPS) is 15.6. The number of para-hydroxylation sites is 1. The topological polar surface area (TPSA) is 32.8 Å². The number of carbonyl (C=O) groups is 1. The summed E-state index contributed by atoms with van der Waals surface area (Å²) in [5.41, 5.74) is 1.09. The minimum absolute atomic E-state index is 0.0208. The standard InChI is InChI=1S/C20H23FN2O2/c21-18-9-7-17(8-10-18)15-22-11-4-12-23(14-13-22)20(24)16-25-19-5-2-1-3-6-19/h1-3,5-10H,4,11-16H2. The van der Waals surface area contributed by atoms with Gasteiger partial charge in [0.15, 0.2) is 6.61 Å². The van der Waals surface area contributed by atoms with Gasteiger partial charge in [-0.15, -0.1) is 0 Å². The van der Waals surface area contributed by atoms with E-state index < -0.39 is 0 Å². The predicted octanol–water partition coefficient (Wildman–Crippen LogP) is 2.94. The lowest BCUT2D eigenvalue weighted by Gasteiger charge is -2.22. The molecule has 1 aliphatic heterocycles. The number of nitrogens with zero attached hydrogens (tertiary/aromatic N) is 2. The van der Waals surface area contributed by atoms with Gasteiger partial charge >= 0.3 is 0 Å². The van der Waals surface area contributed by atoms with E-state index in [9.17, 15) is 9.18 Å². The highest BCUT2D eigenvalue weighted by Gasteiger charge is 2.19. The summed E-state index contributed by atoms with van der Waals surface area (Å²) >= 11 is 0. The van der Waals surface area contributed by atoms with Crippen LogP contribution in [0.25, 0.3) is 0 Å². The van der Waals surface area contributed by atoms with Gasteiger partial charge in [0.25, 0.3) is 5.91 Å². The van der Waals surface area contributed by atoms with Crippen LogP contribution in [0.15, 0.2) is 54.6 Å². The summed E-state index contributed by atoms with van der Waals surface area (Å²) in [5.74, 6) is 0.519. The fourth-order valence-corrected chi connectivity index (χ4v) is 2.98. The molecule has 2 aromatic rings. The summed E-state index contributed by atoms with van der Waals surface area (Å²) < 4.78 is 18.6. The zero-order valence-corrected chi connectivity index (χ0v) is 14.2. The first-order valence-electron chi connectivity index (χ1n) is 8.63. The summed E-state index contributed by atoms with van der Waals surface area (Å²) in [4.78, 5) is 16.5. The van der Waals surface area contributed by atoms with Crippen molar-refractivity contribution in [3.05, 3.63) is 66.0 Å². The molecule has 0 aromatic heterocycles.